The van der Waals surface area contributed by atoms with Crippen molar-refractivity contribution in [3.05, 3.63) is 59.7 Å². The molecule has 3 N–H and O–H groups in total. The van der Waals surface area contributed by atoms with E-state index in [0.717, 1.165) is 25.7 Å². The van der Waals surface area contributed by atoms with Crippen LogP contribution in [0.4, 0.5) is 11.4 Å². The molecule has 0 aliphatic rings. The first-order chi connectivity index (χ1) is 20.0. The molecule has 0 aromatic heterocycles. The molecule has 0 saturated heterocycles. The second kappa shape index (κ2) is 21.6. The zero-order valence-electron chi connectivity index (χ0n) is 25.6. The van der Waals surface area contributed by atoms with E-state index >= 15 is 0 Å². The van der Waals surface area contributed by atoms with Crippen LogP contribution >= 0.6 is 0 Å². The highest BCUT2D eigenvalue weighted by molar-refractivity contribution is 6.05. The number of hydrogen-bond donors (Lipinski definition) is 3. The summed E-state index contributed by atoms with van der Waals surface area (Å²) in [5.74, 6) is -0.325. The largest absolute Gasteiger partial charge is 0.352 e. The van der Waals surface area contributed by atoms with Gasteiger partial charge < -0.3 is 16.0 Å². The number of rotatable bonds is 22. The maximum absolute atomic E-state index is 12.7. The van der Waals surface area contributed by atoms with Gasteiger partial charge >= 0.3 is 0 Å². The molecule has 2 aromatic carbocycles. The molecule has 0 unspecified atom stereocenters. The molecular weight excluding hydrogens is 510 g/mol. The van der Waals surface area contributed by atoms with Gasteiger partial charge in [0.2, 0.25) is 5.91 Å². The van der Waals surface area contributed by atoms with Gasteiger partial charge in [-0.1, -0.05) is 104 Å². The Morgan fingerprint density at radius 1 is 0.488 bits per heavy atom. The molecule has 0 bridgehead atoms. The van der Waals surface area contributed by atoms with Gasteiger partial charge in [0.15, 0.2) is 0 Å². The summed E-state index contributed by atoms with van der Waals surface area (Å²) in [7, 11) is 0. The number of nitrogens with one attached hydrogen (secondary N) is 3. The molecule has 6 nitrogen and oxygen atoms in total. The Hall–Kier alpha value is -3.15. The van der Waals surface area contributed by atoms with E-state index in [4.69, 9.17) is 0 Å². The maximum atomic E-state index is 12.7. The van der Waals surface area contributed by atoms with Gasteiger partial charge in [-0.05, 0) is 61.4 Å². The van der Waals surface area contributed by atoms with E-state index in [1.54, 1.807) is 48.5 Å². The highest BCUT2D eigenvalue weighted by atomic mass is 16.2. The van der Waals surface area contributed by atoms with E-state index in [1.165, 1.54) is 77.0 Å². The first-order valence-electron chi connectivity index (χ1n) is 16.1. The van der Waals surface area contributed by atoms with Crippen LogP contribution in [0.15, 0.2) is 48.5 Å². The van der Waals surface area contributed by atoms with Gasteiger partial charge in [0.1, 0.15) is 0 Å². The Morgan fingerprint density at radius 2 is 0.902 bits per heavy atom. The van der Waals surface area contributed by atoms with Crippen molar-refractivity contribution < 1.29 is 14.4 Å². The van der Waals surface area contributed by atoms with Gasteiger partial charge in [-0.15, -0.1) is 0 Å². The Bertz CT molecular complexity index is 1000. The Morgan fingerprint density at radius 3 is 1.41 bits per heavy atom. The summed E-state index contributed by atoms with van der Waals surface area (Å²) < 4.78 is 0. The number of amides is 3. The monoisotopic (exact) mass is 563 g/mol. The quantitative estimate of drug-likeness (QED) is 0.125. The van der Waals surface area contributed by atoms with E-state index in [1.807, 2.05) is 0 Å². The lowest BCUT2D eigenvalue weighted by Gasteiger charge is -2.09. The molecule has 41 heavy (non-hydrogen) atoms. The molecule has 0 aliphatic heterocycles. The average Bonchev–Trinajstić information content (AvgIpc) is 2.98. The first kappa shape index (κ1) is 34.1. The molecule has 0 fully saturated rings. The molecule has 2 aromatic rings. The van der Waals surface area contributed by atoms with Crippen LogP contribution in [0, 0.1) is 0 Å². The highest BCUT2D eigenvalue weighted by Gasteiger charge is 2.09. The molecule has 0 aliphatic carbocycles. The van der Waals surface area contributed by atoms with Crippen LogP contribution in [-0.2, 0) is 4.79 Å². The lowest BCUT2D eigenvalue weighted by atomic mass is 10.1. The summed E-state index contributed by atoms with van der Waals surface area (Å²) in [6.07, 6.45) is 20.0. The number of carbonyl (C=O) groups is 3. The van der Waals surface area contributed by atoms with Crippen molar-refractivity contribution in [3.8, 4) is 0 Å². The third-order valence-electron chi connectivity index (χ3n) is 7.41. The summed E-state index contributed by atoms with van der Waals surface area (Å²) in [5.41, 5.74) is 2.39. The van der Waals surface area contributed by atoms with Crippen LogP contribution in [0.2, 0.25) is 0 Å². The minimum atomic E-state index is -0.242. The van der Waals surface area contributed by atoms with Crippen LogP contribution in [0.25, 0.3) is 0 Å². The normalized spacial score (nSPS) is 10.8. The highest BCUT2D eigenvalue weighted by Crippen LogP contribution is 2.15. The zero-order valence-corrected chi connectivity index (χ0v) is 25.6. The van der Waals surface area contributed by atoms with Crippen molar-refractivity contribution in [2.45, 2.75) is 123 Å². The third-order valence-corrected chi connectivity index (χ3v) is 7.41. The molecule has 0 atom stereocenters. The minimum absolute atomic E-state index is 0.00746. The molecule has 3 amide bonds. The topological polar surface area (TPSA) is 87.3 Å². The summed E-state index contributed by atoms with van der Waals surface area (Å²) in [5, 5.41) is 8.77. The van der Waals surface area contributed by atoms with Crippen molar-refractivity contribution in [1.82, 2.24) is 5.32 Å². The molecule has 2 rings (SSSR count). The average molecular weight is 564 g/mol. The fourth-order valence-corrected chi connectivity index (χ4v) is 4.82. The van der Waals surface area contributed by atoms with E-state index < -0.39 is 0 Å². The standard InChI is InChI=1S/C35H53N3O3/c1-3-5-7-9-11-12-14-16-18-28-36-34(40)29-20-26-32(27-21-29)38-35(41)30-22-24-31(25-23-30)37-33(39)19-17-15-13-10-8-6-4-2/h20-27H,3-19,28H2,1-2H3,(H,36,40)(H,37,39)(H,38,41). The van der Waals surface area contributed by atoms with Crippen molar-refractivity contribution in [3.63, 3.8) is 0 Å². The fourth-order valence-electron chi connectivity index (χ4n) is 4.82. The van der Waals surface area contributed by atoms with E-state index in [0.29, 0.717) is 35.5 Å². The second-order valence-corrected chi connectivity index (χ2v) is 11.1. The number of benzene rings is 2. The number of anilines is 2. The third kappa shape index (κ3) is 15.4. The summed E-state index contributed by atoms with van der Waals surface area (Å²) in [6.45, 7) is 5.14. The predicted molar refractivity (Wildman–Crippen MR) is 172 cm³/mol. The van der Waals surface area contributed by atoms with Gasteiger partial charge in [0, 0.05) is 35.5 Å². The summed E-state index contributed by atoms with van der Waals surface area (Å²) in [6, 6.07) is 13.8. The van der Waals surface area contributed by atoms with Gasteiger partial charge in [-0.3, -0.25) is 14.4 Å². The Labute approximate surface area is 248 Å². The Balaban J connectivity index is 1.64. The number of carbonyl (C=O) groups excluding carboxylic acids is 3. The van der Waals surface area contributed by atoms with E-state index in [9.17, 15) is 14.4 Å². The maximum Gasteiger partial charge on any atom is 0.255 e. The summed E-state index contributed by atoms with van der Waals surface area (Å²) >= 11 is 0. The van der Waals surface area contributed by atoms with Gasteiger partial charge in [0.25, 0.3) is 11.8 Å². The predicted octanol–water partition coefficient (Wildman–Crippen LogP) is 9.28. The first-order valence-corrected chi connectivity index (χ1v) is 16.1. The smallest absolute Gasteiger partial charge is 0.255 e. The molecular formula is C35H53N3O3. The van der Waals surface area contributed by atoms with Crippen LogP contribution < -0.4 is 16.0 Å². The zero-order chi connectivity index (χ0) is 29.5. The molecule has 6 heteroatoms. The van der Waals surface area contributed by atoms with Crippen molar-refractivity contribution in [1.29, 1.82) is 0 Å². The molecule has 0 heterocycles. The summed E-state index contributed by atoms with van der Waals surface area (Å²) in [4.78, 5) is 37.3. The van der Waals surface area contributed by atoms with E-state index in [-0.39, 0.29) is 17.7 Å². The SMILES string of the molecule is CCCCCCCCCCCNC(=O)c1ccc(NC(=O)c2ccc(NC(=O)CCCCCCCCC)cc2)cc1. The van der Waals surface area contributed by atoms with Crippen LogP contribution in [0.5, 0.6) is 0 Å². The fraction of sp³-hybridized carbons (Fsp3) is 0.571. The Kier molecular flexibility index (Phi) is 17.9. The van der Waals surface area contributed by atoms with Gasteiger partial charge in [0.05, 0.1) is 0 Å². The van der Waals surface area contributed by atoms with Gasteiger partial charge in [-0.25, -0.2) is 0 Å². The minimum Gasteiger partial charge on any atom is -0.352 e. The van der Waals surface area contributed by atoms with Crippen molar-refractivity contribution in [2.24, 2.45) is 0 Å². The molecule has 0 spiro atoms. The lowest BCUT2D eigenvalue weighted by Crippen LogP contribution is -2.24. The van der Waals surface area contributed by atoms with Crippen molar-refractivity contribution in [2.75, 3.05) is 17.2 Å². The van der Waals surface area contributed by atoms with Crippen LogP contribution in [0.3, 0.4) is 0 Å². The number of unbranched alkanes of at least 4 members (excludes halogenated alkanes) is 14. The number of hydrogen-bond acceptors (Lipinski definition) is 3. The lowest BCUT2D eigenvalue weighted by molar-refractivity contribution is -0.116. The van der Waals surface area contributed by atoms with E-state index in [2.05, 4.69) is 29.8 Å². The second-order valence-electron chi connectivity index (χ2n) is 11.1. The van der Waals surface area contributed by atoms with Crippen LogP contribution in [0.1, 0.15) is 144 Å². The molecule has 0 saturated carbocycles. The molecule has 0 radical (unpaired) electrons. The van der Waals surface area contributed by atoms with Gasteiger partial charge in [-0.2, -0.15) is 0 Å². The molecule has 226 valence electrons. The van der Waals surface area contributed by atoms with Crippen molar-refractivity contribution >= 4 is 29.1 Å². The van der Waals surface area contributed by atoms with Crippen LogP contribution in [-0.4, -0.2) is 24.3 Å².